The van der Waals surface area contributed by atoms with Crippen LogP contribution >= 0.6 is 0 Å². The molecule has 2 N–H and O–H groups in total. The van der Waals surface area contributed by atoms with Crippen molar-refractivity contribution in [2.45, 2.75) is 45.1 Å². The molecule has 0 aliphatic heterocycles. The van der Waals surface area contributed by atoms with E-state index in [1.54, 1.807) is 0 Å². The zero-order valence-electron chi connectivity index (χ0n) is 14.0. The molecular weight excluding hydrogens is 294 g/mol. The highest BCUT2D eigenvalue weighted by Crippen LogP contribution is 2.50. The van der Waals surface area contributed by atoms with Gasteiger partial charge in [0.05, 0.1) is 6.04 Å². The van der Waals surface area contributed by atoms with Crippen LogP contribution in [0.3, 0.4) is 0 Å². The fourth-order valence-corrected chi connectivity index (χ4v) is 4.75. The van der Waals surface area contributed by atoms with Crippen LogP contribution in [0.25, 0.3) is 0 Å². The van der Waals surface area contributed by atoms with Crippen LogP contribution in [0.15, 0.2) is 22.7 Å². The first-order valence-electron chi connectivity index (χ1n) is 8.38. The summed E-state index contributed by atoms with van der Waals surface area (Å²) in [6.07, 6.45) is 3.40. The van der Waals surface area contributed by atoms with Gasteiger partial charge in [-0.3, -0.25) is 14.5 Å². The summed E-state index contributed by atoms with van der Waals surface area (Å²) in [6, 6.07) is -0.284. The molecule has 0 aromatic rings. The van der Waals surface area contributed by atoms with E-state index in [-0.39, 0.29) is 46.9 Å². The Kier molecular flexibility index (Phi) is 4.08. The average molecular weight is 319 g/mol. The van der Waals surface area contributed by atoms with Crippen LogP contribution in [0.2, 0.25) is 0 Å². The van der Waals surface area contributed by atoms with E-state index in [9.17, 15) is 19.8 Å². The fraction of sp³-hybridized carbons (Fsp3) is 0.667. The van der Waals surface area contributed by atoms with E-state index >= 15 is 0 Å². The molecule has 0 spiro atoms. The second-order valence-corrected chi connectivity index (χ2v) is 7.35. The van der Waals surface area contributed by atoms with Crippen LogP contribution in [0.1, 0.15) is 39.0 Å². The van der Waals surface area contributed by atoms with Gasteiger partial charge in [-0.25, -0.2) is 0 Å². The minimum atomic E-state index is -0.284. The Balaban J connectivity index is 2.08. The van der Waals surface area contributed by atoms with Crippen molar-refractivity contribution >= 4 is 11.6 Å². The molecule has 0 radical (unpaired) electrons. The number of hydrogen-bond donors (Lipinski definition) is 2. The van der Waals surface area contributed by atoms with E-state index in [4.69, 9.17) is 0 Å². The smallest absolute Gasteiger partial charge is 0.162 e. The third-order valence-corrected chi connectivity index (χ3v) is 5.77. The Labute approximate surface area is 136 Å². The molecule has 0 bridgehead atoms. The van der Waals surface area contributed by atoms with Crippen molar-refractivity contribution < 1.29 is 19.8 Å². The molecule has 4 unspecified atom stereocenters. The number of fused-ring (bicyclic) bond motifs is 2. The molecule has 3 rings (SSSR count). The first kappa shape index (κ1) is 16.2. The second kappa shape index (κ2) is 5.78. The molecule has 4 atom stereocenters. The van der Waals surface area contributed by atoms with Gasteiger partial charge in [-0.05, 0) is 58.5 Å². The number of nitrogens with zero attached hydrogens (tertiary/aromatic N) is 1. The maximum atomic E-state index is 12.3. The minimum absolute atomic E-state index is 0.0350. The SMILES string of the molecule is CC(=O)C1=C(O)C(N(C)C)C2CC3CCCC(=O)C3=C(O)C2C1. The molecule has 0 saturated heterocycles. The monoisotopic (exact) mass is 319 g/mol. The molecule has 1 saturated carbocycles. The van der Waals surface area contributed by atoms with Crippen LogP contribution < -0.4 is 0 Å². The molecule has 0 aromatic heterocycles. The number of hydrogen-bond acceptors (Lipinski definition) is 5. The van der Waals surface area contributed by atoms with Crippen molar-refractivity contribution in [2.24, 2.45) is 17.8 Å². The summed E-state index contributed by atoms with van der Waals surface area (Å²) in [4.78, 5) is 26.1. The summed E-state index contributed by atoms with van der Waals surface area (Å²) in [5, 5.41) is 21.4. The normalized spacial score (nSPS) is 34.5. The Morgan fingerprint density at radius 3 is 2.52 bits per heavy atom. The highest BCUT2D eigenvalue weighted by molar-refractivity contribution is 5.97. The molecule has 3 aliphatic carbocycles. The van der Waals surface area contributed by atoms with Crippen LogP contribution in [0, 0.1) is 17.8 Å². The summed E-state index contributed by atoms with van der Waals surface area (Å²) in [7, 11) is 3.76. The summed E-state index contributed by atoms with van der Waals surface area (Å²) in [6.45, 7) is 1.44. The van der Waals surface area contributed by atoms with Gasteiger partial charge in [-0.1, -0.05) is 0 Å². The van der Waals surface area contributed by atoms with Gasteiger partial charge in [-0.15, -0.1) is 0 Å². The van der Waals surface area contributed by atoms with Gasteiger partial charge >= 0.3 is 0 Å². The minimum Gasteiger partial charge on any atom is -0.512 e. The summed E-state index contributed by atoms with van der Waals surface area (Å²) in [5.41, 5.74) is 0.984. The number of allylic oxidation sites excluding steroid dienone is 3. The number of aliphatic hydroxyl groups is 2. The van der Waals surface area contributed by atoms with E-state index < -0.39 is 0 Å². The molecule has 3 aliphatic rings. The Morgan fingerprint density at radius 1 is 1.22 bits per heavy atom. The number of aliphatic hydroxyl groups excluding tert-OH is 2. The van der Waals surface area contributed by atoms with E-state index in [1.807, 2.05) is 19.0 Å². The largest absolute Gasteiger partial charge is 0.512 e. The molecule has 0 heterocycles. The van der Waals surface area contributed by atoms with Crippen LogP contribution in [-0.4, -0.2) is 46.8 Å². The van der Waals surface area contributed by atoms with Gasteiger partial charge < -0.3 is 10.2 Å². The van der Waals surface area contributed by atoms with E-state index in [0.29, 0.717) is 24.0 Å². The van der Waals surface area contributed by atoms with E-state index in [0.717, 1.165) is 19.3 Å². The standard InChI is InChI=1S/C18H25NO4/c1-9(20)11-8-13-12(16(18(11)23)19(2)3)7-10-5-4-6-14(21)15(10)17(13)22/h10,12-13,16,22-23H,4-8H2,1-3H3. The molecule has 0 aromatic carbocycles. The predicted molar refractivity (Wildman–Crippen MR) is 86.0 cm³/mol. The van der Waals surface area contributed by atoms with Gasteiger partial charge in [0, 0.05) is 23.5 Å². The van der Waals surface area contributed by atoms with Crippen molar-refractivity contribution in [2.75, 3.05) is 14.1 Å². The number of rotatable bonds is 2. The summed E-state index contributed by atoms with van der Waals surface area (Å²) < 4.78 is 0. The van der Waals surface area contributed by atoms with Crippen molar-refractivity contribution in [1.82, 2.24) is 4.90 Å². The lowest BCUT2D eigenvalue weighted by Gasteiger charge is -2.46. The summed E-state index contributed by atoms with van der Waals surface area (Å²) in [5.74, 6) is 0.0884. The molecule has 1 fully saturated rings. The first-order valence-corrected chi connectivity index (χ1v) is 8.38. The maximum Gasteiger partial charge on any atom is 0.162 e. The molecule has 5 nitrogen and oxygen atoms in total. The van der Waals surface area contributed by atoms with E-state index in [1.165, 1.54) is 6.92 Å². The van der Waals surface area contributed by atoms with Crippen LogP contribution in [-0.2, 0) is 9.59 Å². The summed E-state index contributed by atoms with van der Waals surface area (Å²) >= 11 is 0. The van der Waals surface area contributed by atoms with Gasteiger partial charge in [0.25, 0.3) is 0 Å². The lowest BCUT2D eigenvalue weighted by Crippen LogP contribution is -2.48. The van der Waals surface area contributed by atoms with Gasteiger partial charge in [0.2, 0.25) is 0 Å². The molecule has 5 heteroatoms. The Bertz CT molecular complexity index is 617. The average Bonchev–Trinajstić information content (AvgIpc) is 2.45. The molecule has 126 valence electrons. The van der Waals surface area contributed by atoms with E-state index in [2.05, 4.69) is 0 Å². The highest BCUT2D eigenvalue weighted by Gasteiger charge is 2.49. The lowest BCUT2D eigenvalue weighted by molar-refractivity contribution is -0.118. The van der Waals surface area contributed by atoms with Crippen LogP contribution in [0.5, 0.6) is 0 Å². The van der Waals surface area contributed by atoms with Gasteiger partial charge in [-0.2, -0.15) is 0 Å². The zero-order chi connectivity index (χ0) is 16.9. The number of ketones is 2. The third kappa shape index (κ3) is 2.51. The topological polar surface area (TPSA) is 77.8 Å². The molecular formula is C18H25NO4. The number of carbonyl (C=O) groups excluding carboxylic acids is 2. The molecule has 23 heavy (non-hydrogen) atoms. The molecule has 0 amide bonds. The van der Waals surface area contributed by atoms with Gasteiger partial charge in [0.15, 0.2) is 11.6 Å². The number of carbonyl (C=O) groups is 2. The maximum absolute atomic E-state index is 12.3. The van der Waals surface area contributed by atoms with Crippen molar-refractivity contribution in [3.8, 4) is 0 Å². The highest BCUT2D eigenvalue weighted by atomic mass is 16.3. The van der Waals surface area contributed by atoms with Crippen LogP contribution in [0.4, 0.5) is 0 Å². The quantitative estimate of drug-likeness (QED) is 0.818. The lowest BCUT2D eigenvalue weighted by atomic mass is 9.62. The number of likely N-dealkylation sites (N-methyl/N-ethyl adjacent to an activating group) is 1. The first-order chi connectivity index (χ1) is 10.8. The zero-order valence-corrected chi connectivity index (χ0v) is 14.0. The van der Waals surface area contributed by atoms with Gasteiger partial charge in [0.1, 0.15) is 11.5 Å². The fourth-order valence-electron chi connectivity index (χ4n) is 4.75. The Hall–Kier alpha value is -1.62. The Morgan fingerprint density at radius 2 is 1.91 bits per heavy atom. The number of Topliss-reactive ketones (excluding diaryl/α,β-unsaturated/α-hetero) is 2. The van der Waals surface area contributed by atoms with Crippen molar-refractivity contribution in [1.29, 1.82) is 0 Å². The third-order valence-electron chi connectivity index (χ3n) is 5.77. The van der Waals surface area contributed by atoms with Crippen molar-refractivity contribution in [3.63, 3.8) is 0 Å². The second-order valence-electron chi connectivity index (χ2n) is 7.35. The van der Waals surface area contributed by atoms with Crippen molar-refractivity contribution in [3.05, 3.63) is 22.7 Å². The predicted octanol–water partition coefficient (Wildman–Crippen LogP) is 2.54.